The summed E-state index contributed by atoms with van der Waals surface area (Å²) in [6, 6.07) is 1.89. The highest BCUT2D eigenvalue weighted by Gasteiger charge is 2.18. The predicted molar refractivity (Wildman–Crippen MR) is 88.7 cm³/mol. The van der Waals surface area contributed by atoms with Crippen LogP contribution in [-0.4, -0.2) is 30.4 Å². The zero-order chi connectivity index (χ0) is 16.6. The third kappa shape index (κ3) is 3.48. The topological polar surface area (TPSA) is 81.4 Å². The Bertz CT molecular complexity index is 849. The lowest BCUT2D eigenvalue weighted by molar-refractivity contribution is 0.0635. The fraction of sp³-hybridized carbons (Fsp3) is 0.333. The Kier molecular flexibility index (Phi) is 3.77. The number of aromatic nitrogens is 4. The summed E-state index contributed by atoms with van der Waals surface area (Å²) in [5, 5.41) is 2.65. The van der Waals surface area contributed by atoms with Gasteiger partial charge in [0.2, 0.25) is 0 Å². The van der Waals surface area contributed by atoms with Crippen LogP contribution in [0.4, 0.5) is 10.6 Å². The van der Waals surface area contributed by atoms with Crippen LogP contribution < -0.4 is 5.32 Å². The Morgan fingerprint density at radius 3 is 2.74 bits per heavy atom. The standard InChI is InChI=1S/C15H17N5O2S/c1-9-7-20-8-11(19-14(21)22-15(2,3)4)18-13(20)12(17-9)10-5-6-16-23-10/h5-8H,1-4H3,(H,19,21). The van der Waals surface area contributed by atoms with Crippen molar-refractivity contribution in [3.05, 3.63) is 30.4 Å². The van der Waals surface area contributed by atoms with E-state index in [0.29, 0.717) is 11.5 Å². The number of hydrogen-bond acceptors (Lipinski definition) is 6. The van der Waals surface area contributed by atoms with E-state index in [-0.39, 0.29) is 0 Å². The van der Waals surface area contributed by atoms with E-state index in [9.17, 15) is 4.79 Å². The number of fused-ring (bicyclic) bond motifs is 1. The van der Waals surface area contributed by atoms with Gasteiger partial charge in [0.25, 0.3) is 0 Å². The summed E-state index contributed by atoms with van der Waals surface area (Å²) in [6.45, 7) is 7.34. The van der Waals surface area contributed by atoms with Crippen LogP contribution in [0.5, 0.6) is 0 Å². The van der Waals surface area contributed by atoms with Crippen molar-refractivity contribution in [2.45, 2.75) is 33.3 Å². The molecule has 0 aliphatic heterocycles. The Labute approximate surface area is 137 Å². The molecule has 8 heteroatoms. The molecule has 0 saturated carbocycles. The van der Waals surface area contributed by atoms with Gasteiger partial charge in [0, 0.05) is 12.4 Å². The van der Waals surface area contributed by atoms with Gasteiger partial charge < -0.3 is 9.14 Å². The van der Waals surface area contributed by atoms with Gasteiger partial charge in [0.05, 0.1) is 16.8 Å². The molecule has 0 atom stereocenters. The summed E-state index contributed by atoms with van der Waals surface area (Å²) in [6.07, 6.45) is 4.78. The maximum Gasteiger partial charge on any atom is 0.413 e. The van der Waals surface area contributed by atoms with Gasteiger partial charge in [-0.3, -0.25) is 5.32 Å². The first-order valence-electron chi connectivity index (χ1n) is 7.09. The summed E-state index contributed by atoms with van der Waals surface area (Å²) >= 11 is 1.35. The number of ether oxygens (including phenoxy) is 1. The number of anilines is 1. The Hall–Kier alpha value is -2.48. The van der Waals surface area contributed by atoms with E-state index < -0.39 is 11.7 Å². The van der Waals surface area contributed by atoms with Crippen molar-refractivity contribution in [1.29, 1.82) is 0 Å². The lowest BCUT2D eigenvalue weighted by atomic mass is 10.2. The number of imidazole rings is 1. The highest BCUT2D eigenvalue weighted by atomic mass is 32.1. The Balaban J connectivity index is 1.96. The summed E-state index contributed by atoms with van der Waals surface area (Å²) in [5.41, 5.74) is 1.69. The lowest BCUT2D eigenvalue weighted by Gasteiger charge is -2.18. The molecule has 0 bridgehead atoms. The van der Waals surface area contributed by atoms with Gasteiger partial charge in [-0.25, -0.2) is 19.1 Å². The van der Waals surface area contributed by atoms with Gasteiger partial charge in [-0.2, -0.15) is 0 Å². The smallest absolute Gasteiger partial charge is 0.413 e. The number of carbonyl (C=O) groups is 1. The molecule has 0 radical (unpaired) electrons. The van der Waals surface area contributed by atoms with Gasteiger partial charge in [-0.05, 0) is 45.3 Å². The zero-order valence-corrected chi connectivity index (χ0v) is 14.1. The molecule has 3 heterocycles. The van der Waals surface area contributed by atoms with Crippen LogP contribution in [0.3, 0.4) is 0 Å². The van der Waals surface area contributed by atoms with Crippen LogP contribution >= 0.6 is 11.5 Å². The first-order valence-corrected chi connectivity index (χ1v) is 7.86. The van der Waals surface area contributed by atoms with E-state index in [4.69, 9.17) is 4.74 Å². The first-order chi connectivity index (χ1) is 10.8. The number of carbonyl (C=O) groups excluding carboxylic acids is 1. The molecule has 1 N–H and O–H groups in total. The second-order valence-electron chi connectivity index (χ2n) is 6.09. The minimum Gasteiger partial charge on any atom is -0.444 e. The Morgan fingerprint density at radius 1 is 1.30 bits per heavy atom. The summed E-state index contributed by atoms with van der Waals surface area (Å²) in [7, 11) is 0. The Morgan fingerprint density at radius 2 is 2.09 bits per heavy atom. The van der Waals surface area contributed by atoms with Crippen LogP contribution in [0.15, 0.2) is 24.7 Å². The quantitative estimate of drug-likeness (QED) is 0.777. The van der Waals surface area contributed by atoms with Gasteiger partial charge in [0.15, 0.2) is 11.5 Å². The lowest BCUT2D eigenvalue weighted by Crippen LogP contribution is -2.27. The molecular formula is C15H17N5O2S. The molecule has 7 nitrogen and oxygen atoms in total. The van der Waals surface area contributed by atoms with Crippen molar-refractivity contribution >= 4 is 29.1 Å². The number of aryl methyl sites for hydroxylation is 1. The predicted octanol–water partition coefficient (Wildman–Crippen LogP) is 3.51. The van der Waals surface area contributed by atoms with E-state index in [1.807, 2.05) is 44.4 Å². The zero-order valence-electron chi connectivity index (χ0n) is 13.3. The van der Waals surface area contributed by atoms with Gasteiger partial charge in [-0.15, -0.1) is 0 Å². The van der Waals surface area contributed by atoms with Crippen molar-refractivity contribution in [2.75, 3.05) is 5.32 Å². The molecule has 0 fully saturated rings. The van der Waals surface area contributed by atoms with E-state index >= 15 is 0 Å². The SMILES string of the molecule is Cc1cn2cc(NC(=O)OC(C)(C)C)nc2c(-c2ccns2)n1. The molecule has 23 heavy (non-hydrogen) atoms. The molecule has 1 amide bonds. The highest BCUT2D eigenvalue weighted by Crippen LogP contribution is 2.26. The van der Waals surface area contributed by atoms with Crippen LogP contribution in [0.2, 0.25) is 0 Å². The molecule has 120 valence electrons. The average Bonchev–Trinajstić information content (AvgIpc) is 3.03. The molecule has 0 spiro atoms. The largest absolute Gasteiger partial charge is 0.444 e. The molecule has 0 aliphatic carbocycles. The van der Waals surface area contributed by atoms with Crippen LogP contribution in [0.25, 0.3) is 16.2 Å². The molecule has 0 aliphatic rings. The monoisotopic (exact) mass is 331 g/mol. The minimum absolute atomic E-state index is 0.414. The normalized spacial score (nSPS) is 11.7. The summed E-state index contributed by atoms with van der Waals surface area (Å²) in [4.78, 5) is 21.8. The van der Waals surface area contributed by atoms with Crippen molar-refractivity contribution in [1.82, 2.24) is 18.7 Å². The van der Waals surface area contributed by atoms with Crippen LogP contribution in [0.1, 0.15) is 26.5 Å². The fourth-order valence-corrected chi connectivity index (χ4v) is 2.68. The third-order valence-electron chi connectivity index (χ3n) is 2.86. The number of amides is 1. The van der Waals surface area contributed by atoms with E-state index in [0.717, 1.165) is 16.3 Å². The van der Waals surface area contributed by atoms with E-state index in [1.54, 1.807) is 12.4 Å². The first kappa shape index (κ1) is 15.4. The molecular weight excluding hydrogens is 314 g/mol. The minimum atomic E-state index is -0.560. The van der Waals surface area contributed by atoms with Gasteiger partial charge in [-0.1, -0.05) is 0 Å². The fourth-order valence-electron chi connectivity index (χ4n) is 2.10. The molecule has 3 rings (SSSR count). The average molecular weight is 331 g/mol. The summed E-state index contributed by atoms with van der Waals surface area (Å²) < 4.78 is 11.2. The number of nitrogens with one attached hydrogen (secondary N) is 1. The third-order valence-corrected chi connectivity index (χ3v) is 3.61. The van der Waals surface area contributed by atoms with Crippen molar-refractivity contribution in [2.24, 2.45) is 0 Å². The van der Waals surface area contributed by atoms with E-state index in [2.05, 4.69) is 19.7 Å². The van der Waals surface area contributed by atoms with Crippen LogP contribution in [0, 0.1) is 6.92 Å². The van der Waals surface area contributed by atoms with Crippen molar-refractivity contribution in [3.63, 3.8) is 0 Å². The molecule has 0 aromatic carbocycles. The summed E-state index contributed by atoms with van der Waals surface area (Å²) in [5.74, 6) is 0.414. The number of hydrogen-bond donors (Lipinski definition) is 1. The molecule has 3 aromatic rings. The second kappa shape index (κ2) is 5.62. The highest BCUT2D eigenvalue weighted by molar-refractivity contribution is 7.09. The molecule has 0 unspecified atom stereocenters. The maximum absolute atomic E-state index is 11.9. The van der Waals surface area contributed by atoms with Crippen molar-refractivity contribution < 1.29 is 9.53 Å². The number of rotatable bonds is 2. The van der Waals surface area contributed by atoms with Crippen LogP contribution in [-0.2, 0) is 4.74 Å². The van der Waals surface area contributed by atoms with Crippen molar-refractivity contribution in [3.8, 4) is 10.6 Å². The van der Waals surface area contributed by atoms with Gasteiger partial charge >= 0.3 is 6.09 Å². The maximum atomic E-state index is 11.9. The molecule has 0 saturated heterocycles. The second-order valence-corrected chi connectivity index (χ2v) is 6.92. The molecule has 3 aromatic heterocycles. The van der Waals surface area contributed by atoms with E-state index in [1.165, 1.54) is 11.5 Å². The number of nitrogens with zero attached hydrogens (tertiary/aromatic N) is 4. The van der Waals surface area contributed by atoms with Gasteiger partial charge in [0.1, 0.15) is 11.3 Å².